The number of piperidine rings is 1. The lowest BCUT2D eigenvalue weighted by molar-refractivity contribution is -0.121. The van der Waals surface area contributed by atoms with Crippen molar-refractivity contribution in [3.63, 3.8) is 0 Å². The predicted octanol–water partition coefficient (Wildman–Crippen LogP) is 2.51. The van der Waals surface area contributed by atoms with Crippen molar-refractivity contribution in [1.29, 1.82) is 0 Å². The normalized spacial score (nSPS) is 31.1. The zero-order chi connectivity index (χ0) is 11.8. The Morgan fingerprint density at radius 3 is 2.76 bits per heavy atom. The Morgan fingerprint density at radius 2 is 2.00 bits per heavy atom. The largest absolute Gasteiger partial charge is 0.293 e. The van der Waals surface area contributed by atoms with Gasteiger partial charge in [0.1, 0.15) is 0 Å². The number of likely N-dealkylation sites (N-methyl/N-ethyl adjacent to an activating group) is 1. The number of fused-ring (bicyclic) bond motifs is 2. The fraction of sp³-hybridized carbons (Fsp3) is 0.400. The summed E-state index contributed by atoms with van der Waals surface area (Å²) in [6.45, 7) is 0. The summed E-state index contributed by atoms with van der Waals surface area (Å²) >= 11 is 0. The van der Waals surface area contributed by atoms with Crippen molar-refractivity contribution in [2.75, 3.05) is 7.05 Å². The van der Waals surface area contributed by atoms with Crippen LogP contribution in [0.2, 0.25) is 0 Å². The molecule has 0 aromatic heterocycles. The number of Topliss-reactive ketones (excluding diaryl/α,β-unsaturated/α-hetero) is 1. The Labute approximate surface area is 102 Å². The summed E-state index contributed by atoms with van der Waals surface area (Å²) in [6, 6.07) is 10.9. The quantitative estimate of drug-likeness (QED) is 0.687. The minimum absolute atomic E-state index is 0.142. The monoisotopic (exact) mass is 227 g/mol. The zero-order valence-electron chi connectivity index (χ0n) is 10.1. The lowest BCUT2D eigenvalue weighted by Gasteiger charge is -2.31. The summed E-state index contributed by atoms with van der Waals surface area (Å²) in [5.41, 5.74) is 2.15. The minimum atomic E-state index is 0.142. The third-order valence-corrected chi connectivity index (χ3v) is 4.06. The number of carbonyl (C=O) groups excluding carboxylic acids is 1. The summed E-state index contributed by atoms with van der Waals surface area (Å²) in [5, 5.41) is 0. The molecule has 0 N–H and O–H groups in total. The minimum Gasteiger partial charge on any atom is -0.293 e. The SMILES string of the molecule is CN1[C@H]2CC[C@@H]1C(=O)/C(=C/c1ccccc1)C2. The predicted molar refractivity (Wildman–Crippen MR) is 68.6 cm³/mol. The second kappa shape index (κ2) is 4.11. The molecular formula is C15H17NO. The van der Waals surface area contributed by atoms with E-state index in [4.69, 9.17) is 0 Å². The van der Waals surface area contributed by atoms with Crippen molar-refractivity contribution in [2.45, 2.75) is 31.3 Å². The highest BCUT2D eigenvalue weighted by molar-refractivity contribution is 6.04. The first-order valence-corrected chi connectivity index (χ1v) is 6.27. The third kappa shape index (κ3) is 1.83. The molecule has 0 saturated carbocycles. The summed E-state index contributed by atoms with van der Waals surface area (Å²) in [4.78, 5) is 14.5. The van der Waals surface area contributed by atoms with Gasteiger partial charge in [-0.1, -0.05) is 30.3 Å². The van der Waals surface area contributed by atoms with E-state index in [0.717, 1.165) is 24.0 Å². The Balaban J connectivity index is 1.91. The van der Waals surface area contributed by atoms with Crippen molar-refractivity contribution in [2.24, 2.45) is 0 Å². The molecule has 88 valence electrons. The maximum Gasteiger partial charge on any atom is 0.176 e. The average Bonchev–Trinajstić information content (AvgIpc) is 2.61. The van der Waals surface area contributed by atoms with Gasteiger partial charge in [0.15, 0.2) is 5.78 Å². The van der Waals surface area contributed by atoms with Crippen molar-refractivity contribution < 1.29 is 4.79 Å². The van der Waals surface area contributed by atoms with Gasteiger partial charge in [-0.3, -0.25) is 9.69 Å². The van der Waals surface area contributed by atoms with Gasteiger partial charge in [-0.2, -0.15) is 0 Å². The lowest BCUT2D eigenvalue weighted by atomic mass is 9.94. The summed E-state index contributed by atoms with van der Waals surface area (Å²) in [6.07, 6.45) is 5.19. The van der Waals surface area contributed by atoms with Crippen molar-refractivity contribution in [3.8, 4) is 0 Å². The molecule has 2 bridgehead atoms. The van der Waals surface area contributed by atoms with E-state index in [1.54, 1.807) is 0 Å². The van der Waals surface area contributed by atoms with Crippen LogP contribution in [0.25, 0.3) is 6.08 Å². The number of carbonyl (C=O) groups is 1. The molecule has 0 aliphatic carbocycles. The van der Waals surface area contributed by atoms with Gasteiger partial charge in [-0.05, 0) is 43.5 Å². The number of hydrogen-bond acceptors (Lipinski definition) is 2. The highest BCUT2D eigenvalue weighted by Gasteiger charge is 2.41. The van der Waals surface area contributed by atoms with Crippen molar-refractivity contribution in [3.05, 3.63) is 41.5 Å². The molecule has 2 saturated heterocycles. The first-order valence-electron chi connectivity index (χ1n) is 6.27. The van der Waals surface area contributed by atoms with Crippen LogP contribution < -0.4 is 0 Å². The number of nitrogens with zero attached hydrogens (tertiary/aromatic N) is 1. The van der Waals surface area contributed by atoms with E-state index in [2.05, 4.69) is 30.2 Å². The number of rotatable bonds is 1. The Kier molecular flexibility index (Phi) is 2.60. The van der Waals surface area contributed by atoms with Crippen LogP contribution in [-0.2, 0) is 4.79 Å². The maximum absolute atomic E-state index is 12.3. The average molecular weight is 227 g/mol. The first-order chi connectivity index (χ1) is 8.25. The molecule has 2 heteroatoms. The van der Waals surface area contributed by atoms with Gasteiger partial charge in [0.2, 0.25) is 0 Å². The molecule has 2 nitrogen and oxygen atoms in total. The van der Waals surface area contributed by atoms with Crippen LogP contribution in [0.3, 0.4) is 0 Å². The second-order valence-electron chi connectivity index (χ2n) is 5.06. The lowest BCUT2D eigenvalue weighted by Crippen LogP contribution is -2.43. The fourth-order valence-corrected chi connectivity index (χ4v) is 3.02. The standard InChI is InChI=1S/C15H17NO/c1-16-13-7-8-14(16)15(17)12(10-13)9-11-5-3-2-4-6-11/h2-6,9,13-14H,7-8,10H2,1H3/b12-9+/t13-,14+/m0/s1. The molecule has 2 atom stereocenters. The van der Waals surface area contributed by atoms with Gasteiger partial charge in [-0.15, -0.1) is 0 Å². The van der Waals surface area contributed by atoms with Gasteiger partial charge < -0.3 is 0 Å². The van der Waals surface area contributed by atoms with E-state index in [-0.39, 0.29) is 6.04 Å². The Hall–Kier alpha value is -1.41. The molecular weight excluding hydrogens is 210 g/mol. The topological polar surface area (TPSA) is 20.3 Å². The number of hydrogen-bond donors (Lipinski definition) is 0. The third-order valence-electron chi connectivity index (χ3n) is 4.06. The van der Waals surface area contributed by atoms with E-state index < -0.39 is 0 Å². The van der Waals surface area contributed by atoms with Crippen LogP contribution in [0.15, 0.2) is 35.9 Å². The molecule has 1 aromatic rings. The van der Waals surface area contributed by atoms with Crippen LogP contribution in [0.1, 0.15) is 24.8 Å². The molecule has 1 aromatic carbocycles. The molecule has 2 fully saturated rings. The van der Waals surface area contributed by atoms with Crippen molar-refractivity contribution in [1.82, 2.24) is 4.90 Å². The van der Waals surface area contributed by atoms with E-state index in [1.165, 1.54) is 6.42 Å². The molecule has 0 amide bonds. The highest BCUT2D eigenvalue weighted by Crippen LogP contribution is 2.35. The summed E-state index contributed by atoms with van der Waals surface area (Å²) < 4.78 is 0. The van der Waals surface area contributed by atoms with E-state index in [0.29, 0.717) is 11.8 Å². The zero-order valence-corrected chi connectivity index (χ0v) is 10.1. The van der Waals surface area contributed by atoms with Crippen LogP contribution in [0.5, 0.6) is 0 Å². The molecule has 0 spiro atoms. The highest BCUT2D eigenvalue weighted by atomic mass is 16.1. The van der Waals surface area contributed by atoms with Gasteiger partial charge in [-0.25, -0.2) is 0 Å². The van der Waals surface area contributed by atoms with E-state index in [9.17, 15) is 4.79 Å². The van der Waals surface area contributed by atoms with Gasteiger partial charge in [0.05, 0.1) is 6.04 Å². The molecule has 2 aliphatic rings. The molecule has 0 radical (unpaired) electrons. The van der Waals surface area contributed by atoms with Crippen LogP contribution >= 0.6 is 0 Å². The van der Waals surface area contributed by atoms with Crippen LogP contribution in [-0.4, -0.2) is 29.8 Å². The first kappa shape index (κ1) is 10.7. The molecule has 3 rings (SSSR count). The smallest absolute Gasteiger partial charge is 0.176 e. The molecule has 0 unspecified atom stereocenters. The van der Waals surface area contributed by atoms with Crippen LogP contribution in [0.4, 0.5) is 0 Å². The molecule has 2 heterocycles. The van der Waals surface area contributed by atoms with Gasteiger partial charge >= 0.3 is 0 Å². The maximum atomic E-state index is 12.3. The molecule has 2 aliphatic heterocycles. The Bertz CT molecular complexity index is 463. The van der Waals surface area contributed by atoms with Crippen molar-refractivity contribution >= 4 is 11.9 Å². The molecule has 17 heavy (non-hydrogen) atoms. The van der Waals surface area contributed by atoms with E-state index >= 15 is 0 Å². The summed E-state index contributed by atoms with van der Waals surface area (Å²) in [7, 11) is 2.08. The number of benzene rings is 1. The summed E-state index contributed by atoms with van der Waals surface area (Å²) in [5.74, 6) is 0.338. The Morgan fingerprint density at radius 1 is 1.24 bits per heavy atom. The van der Waals surface area contributed by atoms with Gasteiger partial charge in [0.25, 0.3) is 0 Å². The number of ketones is 1. The van der Waals surface area contributed by atoms with Gasteiger partial charge in [0, 0.05) is 6.04 Å². The van der Waals surface area contributed by atoms with Crippen LogP contribution in [0, 0.1) is 0 Å². The van der Waals surface area contributed by atoms with E-state index in [1.807, 2.05) is 18.2 Å². The second-order valence-corrected chi connectivity index (χ2v) is 5.06. The fourth-order valence-electron chi connectivity index (χ4n) is 3.02.